The van der Waals surface area contributed by atoms with Crippen molar-refractivity contribution >= 4 is 23.6 Å². The molecule has 5 N–H and O–H groups in total. The maximum atomic E-state index is 12.9. The Hall–Kier alpha value is -2.64. The number of carbonyl (C=O) groups is 3. The van der Waals surface area contributed by atoms with Crippen molar-refractivity contribution in [3.05, 3.63) is 29.6 Å². The van der Waals surface area contributed by atoms with Gasteiger partial charge in [-0.3, -0.25) is 4.79 Å². The Morgan fingerprint density at radius 2 is 2.05 bits per heavy atom. The van der Waals surface area contributed by atoms with Crippen molar-refractivity contribution in [1.29, 1.82) is 0 Å². The SMILES string of the molecule is Cc1cc(F)ccc1NC(=O)N[C@@H](CCC(N)=O)C(=O)O. The first-order valence-corrected chi connectivity index (χ1v) is 6.14. The first kappa shape index (κ1) is 16.4. The van der Waals surface area contributed by atoms with Crippen molar-refractivity contribution in [3.8, 4) is 0 Å². The predicted octanol–water partition coefficient (Wildman–Crippen LogP) is 0.974. The van der Waals surface area contributed by atoms with E-state index in [9.17, 15) is 18.8 Å². The molecule has 0 aliphatic carbocycles. The van der Waals surface area contributed by atoms with Crippen LogP contribution in [0, 0.1) is 12.7 Å². The highest BCUT2D eigenvalue weighted by atomic mass is 19.1. The summed E-state index contributed by atoms with van der Waals surface area (Å²) in [5.74, 6) is -2.37. The van der Waals surface area contributed by atoms with Gasteiger partial charge in [0.25, 0.3) is 0 Å². The van der Waals surface area contributed by atoms with Crippen LogP contribution in [0.2, 0.25) is 0 Å². The van der Waals surface area contributed by atoms with E-state index in [1.54, 1.807) is 6.92 Å². The molecule has 0 saturated heterocycles. The number of primary amides is 1. The first-order chi connectivity index (χ1) is 9.79. The van der Waals surface area contributed by atoms with Gasteiger partial charge in [0.15, 0.2) is 0 Å². The number of halogens is 1. The lowest BCUT2D eigenvalue weighted by molar-refractivity contribution is -0.139. The molecule has 3 amide bonds. The molecule has 0 bridgehead atoms. The van der Waals surface area contributed by atoms with E-state index in [2.05, 4.69) is 10.6 Å². The molecular formula is C13H16FN3O4. The summed E-state index contributed by atoms with van der Waals surface area (Å²) in [7, 11) is 0. The number of carboxylic acid groups (broad SMARTS) is 1. The molecule has 7 nitrogen and oxygen atoms in total. The van der Waals surface area contributed by atoms with E-state index in [1.165, 1.54) is 18.2 Å². The van der Waals surface area contributed by atoms with Crippen LogP contribution >= 0.6 is 0 Å². The molecule has 0 unspecified atom stereocenters. The molecule has 1 aromatic carbocycles. The third kappa shape index (κ3) is 5.47. The standard InChI is InChI=1S/C13H16FN3O4/c1-7-6-8(14)2-3-9(7)16-13(21)17-10(12(19)20)4-5-11(15)18/h2-3,6,10H,4-5H2,1H3,(H2,15,18)(H,19,20)(H2,16,17,21)/t10-/m0/s1. The number of aliphatic carboxylic acids is 1. The maximum Gasteiger partial charge on any atom is 0.326 e. The van der Waals surface area contributed by atoms with Crippen molar-refractivity contribution in [1.82, 2.24) is 5.32 Å². The fraction of sp³-hybridized carbons (Fsp3) is 0.308. The normalized spacial score (nSPS) is 11.5. The van der Waals surface area contributed by atoms with Gasteiger partial charge < -0.3 is 21.5 Å². The zero-order valence-electron chi connectivity index (χ0n) is 11.4. The molecule has 114 valence electrons. The molecule has 1 atom stereocenters. The van der Waals surface area contributed by atoms with Gasteiger partial charge in [-0.25, -0.2) is 14.0 Å². The molecule has 1 aromatic rings. The summed E-state index contributed by atoms with van der Waals surface area (Å²) in [5.41, 5.74) is 5.78. The number of hydrogen-bond acceptors (Lipinski definition) is 3. The number of carboxylic acids is 1. The Morgan fingerprint density at radius 3 is 2.57 bits per heavy atom. The first-order valence-electron chi connectivity index (χ1n) is 6.14. The van der Waals surface area contributed by atoms with Crippen LogP contribution < -0.4 is 16.4 Å². The van der Waals surface area contributed by atoms with Crippen molar-refractivity contribution in [2.45, 2.75) is 25.8 Å². The van der Waals surface area contributed by atoms with E-state index < -0.39 is 29.8 Å². The molecular weight excluding hydrogens is 281 g/mol. The van der Waals surface area contributed by atoms with E-state index >= 15 is 0 Å². The van der Waals surface area contributed by atoms with Gasteiger partial charge in [0.2, 0.25) is 5.91 Å². The topological polar surface area (TPSA) is 122 Å². The van der Waals surface area contributed by atoms with Crippen LogP contribution in [-0.2, 0) is 9.59 Å². The van der Waals surface area contributed by atoms with E-state index in [0.717, 1.165) is 0 Å². The summed E-state index contributed by atoms with van der Waals surface area (Å²) in [6, 6.07) is 1.77. The van der Waals surface area contributed by atoms with Crippen LogP contribution in [0.3, 0.4) is 0 Å². The van der Waals surface area contributed by atoms with Gasteiger partial charge in [-0.2, -0.15) is 0 Å². The summed E-state index contributed by atoms with van der Waals surface area (Å²) >= 11 is 0. The summed E-state index contributed by atoms with van der Waals surface area (Å²) in [5, 5.41) is 13.6. The quantitative estimate of drug-likeness (QED) is 0.625. The molecule has 0 aromatic heterocycles. The molecule has 8 heteroatoms. The van der Waals surface area contributed by atoms with E-state index in [-0.39, 0.29) is 12.8 Å². The van der Waals surface area contributed by atoms with Crippen LogP contribution in [0.5, 0.6) is 0 Å². The number of benzene rings is 1. The van der Waals surface area contributed by atoms with Gasteiger partial charge in [0.1, 0.15) is 11.9 Å². The van der Waals surface area contributed by atoms with E-state index in [1.807, 2.05) is 0 Å². The second-order valence-electron chi connectivity index (χ2n) is 4.45. The Kier molecular flexibility index (Phi) is 5.65. The minimum atomic E-state index is -1.28. The highest BCUT2D eigenvalue weighted by molar-refractivity contribution is 5.93. The number of urea groups is 1. The van der Waals surface area contributed by atoms with Gasteiger partial charge in [-0.1, -0.05) is 0 Å². The summed E-state index contributed by atoms with van der Waals surface area (Å²) in [6.07, 6.45) is -0.271. The number of amides is 3. The van der Waals surface area contributed by atoms with Crippen molar-refractivity contribution in [3.63, 3.8) is 0 Å². The Bertz CT molecular complexity index is 562. The molecule has 0 spiro atoms. The minimum Gasteiger partial charge on any atom is -0.480 e. The van der Waals surface area contributed by atoms with Crippen LogP contribution in [-0.4, -0.2) is 29.1 Å². The lowest BCUT2D eigenvalue weighted by Gasteiger charge is -2.15. The van der Waals surface area contributed by atoms with Gasteiger partial charge in [0.05, 0.1) is 0 Å². The van der Waals surface area contributed by atoms with Crippen LogP contribution in [0.4, 0.5) is 14.9 Å². The molecule has 0 saturated carbocycles. The van der Waals surface area contributed by atoms with Gasteiger partial charge in [0, 0.05) is 12.1 Å². The zero-order valence-corrected chi connectivity index (χ0v) is 11.4. The van der Waals surface area contributed by atoms with Gasteiger partial charge >= 0.3 is 12.0 Å². The molecule has 21 heavy (non-hydrogen) atoms. The average Bonchev–Trinajstić information content (AvgIpc) is 2.37. The Morgan fingerprint density at radius 1 is 1.38 bits per heavy atom. The van der Waals surface area contributed by atoms with Crippen molar-refractivity contribution in [2.24, 2.45) is 5.73 Å². The second-order valence-corrected chi connectivity index (χ2v) is 4.45. The molecule has 0 fully saturated rings. The number of nitrogens with two attached hydrogens (primary N) is 1. The van der Waals surface area contributed by atoms with Crippen molar-refractivity contribution < 1.29 is 23.9 Å². The summed E-state index contributed by atoms with van der Waals surface area (Å²) in [4.78, 5) is 33.3. The smallest absolute Gasteiger partial charge is 0.326 e. The molecule has 0 heterocycles. The number of carbonyl (C=O) groups excluding carboxylic acids is 2. The van der Waals surface area contributed by atoms with Crippen LogP contribution in [0.15, 0.2) is 18.2 Å². The predicted molar refractivity (Wildman–Crippen MR) is 73.1 cm³/mol. The van der Waals surface area contributed by atoms with Gasteiger partial charge in [-0.05, 0) is 37.1 Å². The number of aryl methyl sites for hydroxylation is 1. The molecule has 0 aliphatic rings. The molecule has 0 aliphatic heterocycles. The highest BCUT2D eigenvalue weighted by Crippen LogP contribution is 2.15. The number of nitrogens with one attached hydrogen (secondary N) is 2. The number of rotatable bonds is 6. The zero-order chi connectivity index (χ0) is 16.0. The fourth-order valence-corrected chi connectivity index (χ4v) is 1.63. The number of hydrogen-bond donors (Lipinski definition) is 4. The molecule has 1 rings (SSSR count). The average molecular weight is 297 g/mol. The fourth-order valence-electron chi connectivity index (χ4n) is 1.63. The van der Waals surface area contributed by atoms with Crippen LogP contribution in [0.25, 0.3) is 0 Å². The van der Waals surface area contributed by atoms with Crippen LogP contribution in [0.1, 0.15) is 18.4 Å². The van der Waals surface area contributed by atoms with Crippen molar-refractivity contribution in [2.75, 3.05) is 5.32 Å². The third-order valence-electron chi connectivity index (χ3n) is 2.72. The van der Waals surface area contributed by atoms with E-state index in [4.69, 9.17) is 10.8 Å². The lowest BCUT2D eigenvalue weighted by Crippen LogP contribution is -2.43. The largest absolute Gasteiger partial charge is 0.480 e. The van der Waals surface area contributed by atoms with Gasteiger partial charge in [-0.15, -0.1) is 0 Å². The second kappa shape index (κ2) is 7.22. The maximum absolute atomic E-state index is 12.9. The van der Waals surface area contributed by atoms with E-state index in [0.29, 0.717) is 11.3 Å². The summed E-state index contributed by atoms with van der Waals surface area (Å²) in [6.45, 7) is 1.60. The molecule has 0 radical (unpaired) electrons. The Balaban J connectivity index is 2.65. The third-order valence-corrected chi connectivity index (χ3v) is 2.72. The Labute approximate surface area is 120 Å². The highest BCUT2D eigenvalue weighted by Gasteiger charge is 2.20. The monoisotopic (exact) mass is 297 g/mol. The number of anilines is 1. The minimum absolute atomic E-state index is 0.111. The lowest BCUT2D eigenvalue weighted by atomic mass is 10.1. The summed E-state index contributed by atoms with van der Waals surface area (Å²) < 4.78 is 12.9.